The molecule has 2 rings (SSSR count). The molecule has 0 aromatic carbocycles. The Kier molecular flexibility index (Phi) is 6.59. The monoisotopic (exact) mass is 238 g/mol. The van der Waals surface area contributed by atoms with Crippen LogP contribution in [-0.4, -0.2) is 0 Å². The van der Waals surface area contributed by atoms with Crippen LogP contribution in [0.15, 0.2) is 0 Å². The van der Waals surface area contributed by atoms with Gasteiger partial charge in [0.1, 0.15) is 0 Å². The molecular weight excluding hydrogens is 204 g/mol. The molecule has 0 radical (unpaired) electrons. The molecule has 1 unspecified atom stereocenters. The topological polar surface area (TPSA) is 0 Å². The van der Waals surface area contributed by atoms with Crippen LogP contribution >= 0.6 is 0 Å². The second-order valence-electron chi connectivity index (χ2n) is 6.51. The van der Waals surface area contributed by atoms with Crippen molar-refractivity contribution in [2.75, 3.05) is 0 Å². The second-order valence-corrected chi connectivity index (χ2v) is 6.51. The molecule has 0 amide bonds. The number of rotatable bonds is 1. The lowest BCUT2D eigenvalue weighted by molar-refractivity contribution is 0.124. The molecule has 0 aromatic heterocycles. The van der Waals surface area contributed by atoms with Crippen LogP contribution in [-0.2, 0) is 0 Å². The summed E-state index contributed by atoms with van der Waals surface area (Å²) >= 11 is 0. The van der Waals surface area contributed by atoms with Crippen molar-refractivity contribution in [2.45, 2.75) is 91.9 Å². The van der Waals surface area contributed by atoms with E-state index in [1.807, 2.05) is 13.8 Å². The largest absolute Gasteiger partial charge is 0.0683 e. The lowest BCUT2D eigenvalue weighted by atomic mass is 9.66. The molecule has 2 saturated carbocycles. The van der Waals surface area contributed by atoms with Crippen molar-refractivity contribution >= 4 is 0 Å². The minimum atomic E-state index is 0.795. The van der Waals surface area contributed by atoms with E-state index in [0.29, 0.717) is 0 Å². The van der Waals surface area contributed by atoms with E-state index in [2.05, 4.69) is 13.8 Å². The molecule has 102 valence electrons. The highest BCUT2D eigenvalue weighted by atomic mass is 14.4. The fraction of sp³-hybridized carbons (Fsp3) is 1.00. The third-order valence-corrected chi connectivity index (χ3v) is 5.08. The van der Waals surface area contributed by atoms with E-state index in [-0.39, 0.29) is 0 Å². The molecule has 2 aliphatic rings. The van der Waals surface area contributed by atoms with Gasteiger partial charge in [0.15, 0.2) is 0 Å². The van der Waals surface area contributed by atoms with Crippen LogP contribution < -0.4 is 0 Å². The van der Waals surface area contributed by atoms with E-state index >= 15 is 0 Å². The Balaban J connectivity index is 0.000000686. The summed E-state index contributed by atoms with van der Waals surface area (Å²) in [6.45, 7) is 8.87. The van der Waals surface area contributed by atoms with E-state index in [0.717, 1.165) is 17.3 Å². The van der Waals surface area contributed by atoms with E-state index in [1.165, 1.54) is 38.5 Å². The van der Waals surface area contributed by atoms with E-state index in [1.54, 1.807) is 25.7 Å². The lowest BCUT2D eigenvalue weighted by Crippen LogP contribution is -2.27. The summed E-state index contributed by atoms with van der Waals surface area (Å²) in [4.78, 5) is 0. The summed E-state index contributed by atoms with van der Waals surface area (Å²) in [5.41, 5.74) is 0.795. The van der Waals surface area contributed by atoms with Crippen LogP contribution in [0.1, 0.15) is 91.9 Å². The maximum absolute atomic E-state index is 2.44. The Morgan fingerprint density at radius 1 is 0.824 bits per heavy atom. The Labute approximate surface area is 110 Å². The van der Waals surface area contributed by atoms with Gasteiger partial charge >= 0.3 is 0 Å². The molecule has 1 spiro atoms. The van der Waals surface area contributed by atoms with Crippen molar-refractivity contribution in [3.63, 3.8) is 0 Å². The first-order valence-corrected chi connectivity index (χ1v) is 8.22. The zero-order valence-electron chi connectivity index (χ0n) is 12.7. The first-order valence-electron chi connectivity index (χ1n) is 8.22. The van der Waals surface area contributed by atoms with Crippen LogP contribution in [0.4, 0.5) is 0 Å². The van der Waals surface area contributed by atoms with E-state index in [4.69, 9.17) is 0 Å². The molecule has 0 aromatic rings. The van der Waals surface area contributed by atoms with Crippen LogP contribution in [0.2, 0.25) is 0 Å². The average molecular weight is 238 g/mol. The molecule has 0 saturated heterocycles. The highest BCUT2D eigenvalue weighted by Gasteiger charge is 2.36. The molecule has 1 atom stereocenters. The zero-order chi connectivity index (χ0) is 12.7. The van der Waals surface area contributed by atoms with Crippen molar-refractivity contribution in [1.29, 1.82) is 0 Å². The maximum atomic E-state index is 2.44. The highest BCUT2D eigenvalue weighted by Crippen LogP contribution is 2.49. The fourth-order valence-corrected chi connectivity index (χ4v) is 3.99. The predicted molar refractivity (Wildman–Crippen MR) is 78.3 cm³/mol. The third kappa shape index (κ3) is 4.30. The van der Waals surface area contributed by atoms with Gasteiger partial charge < -0.3 is 0 Å². The van der Waals surface area contributed by atoms with Crippen molar-refractivity contribution < 1.29 is 0 Å². The predicted octanol–water partition coefficient (Wildman–Crippen LogP) is 6.20. The quantitative estimate of drug-likeness (QED) is 0.510. The van der Waals surface area contributed by atoms with E-state index in [9.17, 15) is 0 Å². The molecule has 17 heavy (non-hydrogen) atoms. The van der Waals surface area contributed by atoms with Gasteiger partial charge in [-0.3, -0.25) is 0 Å². The first-order chi connectivity index (χ1) is 8.22. The van der Waals surface area contributed by atoms with Gasteiger partial charge in [0.05, 0.1) is 0 Å². The van der Waals surface area contributed by atoms with Gasteiger partial charge in [-0.15, -0.1) is 0 Å². The summed E-state index contributed by atoms with van der Waals surface area (Å²) in [6, 6.07) is 0. The van der Waals surface area contributed by atoms with Crippen molar-refractivity contribution in [3.05, 3.63) is 0 Å². The summed E-state index contributed by atoms with van der Waals surface area (Å²) in [5, 5.41) is 0. The summed E-state index contributed by atoms with van der Waals surface area (Å²) in [5.74, 6) is 1.95. The lowest BCUT2D eigenvalue weighted by Gasteiger charge is -2.39. The van der Waals surface area contributed by atoms with Gasteiger partial charge in [-0.1, -0.05) is 66.2 Å². The molecular formula is C17H34. The minimum absolute atomic E-state index is 0.795. The normalized spacial score (nSPS) is 28.4. The van der Waals surface area contributed by atoms with Gasteiger partial charge in [0.25, 0.3) is 0 Å². The van der Waals surface area contributed by atoms with Gasteiger partial charge in [-0.25, -0.2) is 0 Å². The Bertz CT molecular complexity index is 186. The minimum Gasteiger partial charge on any atom is -0.0683 e. The molecule has 2 fully saturated rings. The number of hydrogen-bond acceptors (Lipinski definition) is 0. The average Bonchev–Trinajstić information content (AvgIpc) is 2.56. The molecule has 0 aliphatic heterocycles. The Morgan fingerprint density at radius 2 is 1.35 bits per heavy atom. The van der Waals surface area contributed by atoms with Crippen LogP contribution in [0.5, 0.6) is 0 Å². The standard InChI is InChI=1S/C15H28.C2H6/c1-13(2)14-8-4-7-11-15(12-14)9-5-3-6-10-15;1-2/h13-14H,3-12H2,1-2H3;1-2H3. The maximum Gasteiger partial charge on any atom is -0.0295 e. The molecule has 0 bridgehead atoms. The van der Waals surface area contributed by atoms with Crippen LogP contribution in [0.3, 0.4) is 0 Å². The van der Waals surface area contributed by atoms with Gasteiger partial charge in [-0.05, 0) is 42.9 Å². The van der Waals surface area contributed by atoms with Gasteiger partial charge in [0, 0.05) is 0 Å². The summed E-state index contributed by atoms with van der Waals surface area (Å²) in [7, 11) is 0. The fourth-order valence-electron chi connectivity index (χ4n) is 3.99. The summed E-state index contributed by atoms with van der Waals surface area (Å²) in [6.07, 6.45) is 15.3. The SMILES string of the molecule is CC.CC(C)C1CCCCC2(CCCCC2)C1. The Hall–Kier alpha value is 0. The summed E-state index contributed by atoms with van der Waals surface area (Å²) < 4.78 is 0. The van der Waals surface area contributed by atoms with Crippen molar-refractivity contribution in [3.8, 4) is 0 Å². The molecule has 0 heteroatoms. The van der Waals surface area contributed by atoms with Gasteiger partial charge in [0.2, 0.25) is 0 Å². The van der Waals surface area contributed by atoms with Gasteiger partial charge in [-0.2, -0.15) is 0 Å². The molecule has 0 heterocycles. The second kappa shape index (κ2) is 7.44. The van der Waals surface area contributed by atoms with Crippen LogP contribution in [0.25, 0.3) is 0 Å². The molecule has 0 N–H and O–H groups in total. The molecule has 0 nitrogen and oxygen atoms in total. The highest BCUT2D eigenvalue weighted by molar-refractivity contribution is 4.88. The van der Waals surface area contributed by atoms with Crippen LogP contribution in [0, 0.1) is 17.3 Å². The third-order valence-electron chi connectivity index (χ3n) is 5.08. The molecule has 2 aliphatic carbocycles. The first kappa shape index (κ1) is 15.1. The van der Waals surface area contributed by atoms with Crippen molar-refractivity contribution in [1.82, 2.24) is 0 Å². The zero-order valence-corrected chi connectivity index (χ0v) is 12.7. The van der Waals surface area contributed by atoms with Crippen molar-refractivity contribution in [2.24, 2.45) is 17.3 Å². The Morgan fingerprint density at radius 3 is 1.88 bits per heavy atom. The smallest absolute Gasteiger partial charge is 0.0295 e. The van der Waals surface area contributed by atoms with E-state index < -0.39 is 0 Å². The number of hydrogen-bond donors (Lipinski definition) is 0.